The fraction of sp³-hybridized carbons (Fsp3) is 0.154. The van der Waals surface area contributed by atoms with E-state index in [-0.39, 0.29) is 5.91 Å². The van der Waals surface area contributed by atoms with E-state index in [1.54, 1.807) is 20.1 Å². The molecule has 1 atom stereocenters. The molecule has 1 amide bonds. The first-order chi connectivity index (χ1) is 16.5. The number of ether oxygens (including phenoxy) is 1. The van der Waals surface area contributed by atoms with Crippen molar-refractivity contribution >= 4 is 34.1 Å². The quantitative estimate of drug-likeness (QED) is 0.314. The van der Waals surface area contributed by atoms with Crippen LogP contribution in [0.4, 0.5) is 5.13 Å². The van der Waals surface area contributed by atoms with Crippen LogP contribution < -0.4 is 10.1 Å². The molecule has 0 saturated carbocycles. The molecule has 0 aliphatic carbocycles. The van der Waals surface area contributed by atoms with Gasteiger partial charge in [0.15, 0.2) is 5.13 Å². The Bertz CT molecular complexity index is 1360. The molecule has 1 N–H and O–H groups in total. The number of nitrogens with zero attached hydrogens (tertiary/aromatic N) is 3. The van der Waals surface area contributed by atoms with Gasteiger partial charge in [0.2, 0.25) is 5.91 Å². The predicted octanol–water partition coefficient (Wildman–Crippen LogP) is 6.18. The van der Waals surface area contributed by atoms with Crippen LogP contribution in [0.25, 0.3) is 22.5 Å². The van der Waals surface area contributed by atoms with E-state index >= 15 is 0 Å². The Balaban J connectivity index is 1.47. The highest BCUT2D eigenvalue weighted by atomic mass is 32.2. The Morgan fingerprint density at radius 2 is 1.88 bits per heavy atom. The lowest BCUT2D eigenvalue weighted by atomic mass is 10.1. The summed E-state index contributed by atoms with van der Waals surface area (Å²) in [6.07, 6.45) is 0. The second-order valence-electron chi connectivity index (χ2n) is 7.55. The molecule has 6 nitrogen and oxygen atoms in total. The van der Waals surface area contributed by atoms with E-state index in [2.05, 4.69) is 21.4 Å². The summed E-state index contributed by atoms with van der Waals surface area (Å²) in [5.74, 6) is 0.540. The van der Waals surface area contributed by atoms with Gasteiger partial charge in [0.1, 0.15) is 16.8 Å². The van der Waals surface area contributed by atoms with E-state index in [0.29, 0.717) is 15.7 Å². The van der Waals surface area contributed by atoms with Crippen LogP contribution in [0.3, 0.4) is 0 Å². The van der Waals surface area contributed by atoms with Crippen molar-refractivity contribution in [2.75, 3.05) is 12.4 Å². The highest BCUT2D eigenvalue weighted by molar-refractivity contribution is 8.00. The predicted molar refractivity (Wildman–Crippen MR) is 137 cm³/mol. The number of thioether (sulfide) groups is 1. The SMILES string of the molecule is COc1cccc(-c2csc(NC(=O)C(C)Sc3nc(-c4ccc(C)cc4)ccc3C#N)n2)c1. The maximum Gasteiger partial charge on any atom is 0.239 e. The van der Waals surface area contributed by atoms with Crippen LogP contribution in [0.5, 0.6) is 5.75 Å². The van der Waals surface area contributed by atoms with Crippen LogP contribution in [0.1, 0.15) is 18.1 Å². The first-order valence-corrected chi connectivity index (χ1v) is 12.3. The molecule has 170 valence electrons. The molecule has 4 aromatic rings. The number of nitriles is 1. The van der Waals surface area contributed by atoms with Gasteiger partial charge < -0.3 is 10.1 Å². The summed E-state index contributed by atoms with van der Waals surface area (Å²) in [7, 11) is 1.62. The topological polar surface area (TPSA) is 87.9 Å². The average molecular weight is 487 g/mol. The number of carbonyl (C=O) groups is 1. The number of hydrogen-bond donors (Lipinski definition) is 1. The highest BCUT2D eigenvalue weighted by Gasteiger charge is 2.19. The Hall–Kier alpha value is -3.67. The Labute approximate surface area is 206 Å². The number of rotatable bonds is 7. The number of anilines is 1. The van der Waals surface area contributed by atoms with Gasteiger partial charge in [0, 0.05) is 16.5 Å². The molecule has 2 aromatic heterocycles. The fourth-order valence-electron chi connectivity index (χ4n) is 3.17. The highest BCUT2D eigenvalue weighted by Crippen LogP contribution is 2.31. The van der Waals surface area contributed by atoms with Crippen molar-refractivity contribution in [2.45, 2.75) is 24.1 Å². The third-order valence-corrected chi connectivity index (χ3v) is 6.95. The second-order valence-corrected chi connectivity index (χ2v) is 9.73. The number of thiazole rings is 1. The van der Waals surface area contributed by atoms with Gasteiger partial charge in [-0.1, -0.05) is 53.7 Å². The van der Waals surface area contributed by atoms with Crippen LogP contribution in [0.2, 0.25) is 0 Å². The molecular formula is C26H22N4O2S2. The molecule has 0 aliphatic rings. The molecule has 0 radical (unpaired) electrons. The Morgan fingerprint density at radius 3 is 2.62 bits per heavy atom. The summed E-state index contributed by atoms with van der Waals surface area (Å²) < 4.78 is 5.27. The van der Waals surface area contributed by atoms with Crippen LogP contribution in [-0.2, 0) is 4.79 Å². The van der Waals surface area contributed by atoms with Crippen molar-refractivity contribution in [3.63, 3.8) is 0 Å². The van der Waals surface area contributed by atoms with Gasteiger partial charge in [-0.05, 0) is 38.1 Å². The van der Waals surface area contributed by atoms with Crippen molar-refractivity contribution in [1.82, 2.24) is 9.97 Å². The van der Waals surface area contributed by atoms with Crippen molar-refractivity contribution in [3.05, 3.63) is 77.2 Å². The van der Waals surface area contributed by atoms with E-state index in [9.17, 15) is 10.1 Å². The van der Waals surface area contributed by atoms with Crippen LogP contribution in [0, 0.1) is 18.3 Å². The smallest absolute Gasteiger partial charge is 0.239 e. The summed E-state index contributed by atoms with van der Waals surface area (Å²) in [5.41, 5.74) is 5.00. The van der Waals surface area contributed by atoms with Crippen molar-refractivity contribution in [2.24, 2.45) is 0 Å². The molecule has 0 aliphatic heterocycles. The third kappa shape index (κ3) is 5.45. The molecule has 2 heterocycles. The largest absolute Gasteiger partial charge is 0.497 e. The monoisotopic (exact) mass is 486 g/mol. The van der Waals surface area contributed by atoms with Crippen molar-refractivity contribution < 1.29 is 9.53 Å². The van der Waals surface area contributed by atoms with Crippen LogP contribution in [-0.4, -0.2) is 28.2 Å². The molecule has 0 fully saturated rings. The number of pyridine rings is 1. The fourth-order valence-corrected chi connectivity index (χ4v) is 4.79. The van der Waals surface area contributed by atoms with Gasteiger partial charge in [0.05, 0.1) is 29.3 Å². The molecule has 1 unspecified atom stereocenters. The van der Waals surface area contributed by atoms with Gasteiger partial charge in [0.25, 0.3) is 0 Å². The van der Waals surface area contributed by atoms with Crippen LogP contribution >= 0.6 is 23.1 Å². The maximum absolute atomic E-state index is 12.9. The Morgan fingerprint density at radius 1 is 1.09 bits per heavy atom. The van der Waals surface area contributed by atoms with Crippen LogP contribution in [0.15, 0.2) is 71.1 Å². The standard InChI is InChI=1S/C26H22N4O2S2/c1-16-7-9-18(10-8-16)22-12-11-20(14-27)25(28-22)34-17(2)24(31)30-26-29-23(15-33-26)19-5-4-6-21(13-19)32-3/h4-13,15,17H,1-3H3,(H,29,30,31). The van der Waals surface area contributed by atoms with Gasteiger partial charge in [-0.3, -0.25) is 4.79 Å². The molecule has 34 heavy (non-hydrogen) atoms. The summed E-state index contributed by atoms with van der Waals surface area (Å²) in [5, 5.41) is 14.9. The van der Waals surface area contributed by atoms with Gasteiger partial charge in [-0.25, -0.2) is 9.97 Å². The van der Waals surface area contributed by atoms with Crippen molar-refractivity contribution in [1.29, 1.82) is 5.26 Å². The minimum absolute atomic E-state index is 0.206. The maximum atomic E-state index is 12.9. The number of carbonyl (C=O) groups excluding carboxylic acids is 1. The molecular weight excluding hydrogens is 464 g/mol. The van der Waals surface area contributed by atoms with Gasteiger partial charge in [-0.2, -0.15) is 5.26 Å². The zero-order chi connectivity index (χ0) is 24.1. The molecule has 2 aromatic carbocycles. The van der Waals surface area contributed by atoms with Gasteiger partial charge in [-0.15, -0.1) is 11.3 Å². The first kappa shape index (κ1) is 23.5. The number of aryl methyl sites for hydroxylation is 1. The van der Waals surface area contributed by atoms with Gasteiger partial charge >= 0.3 is 0 Å². The van der Waals surface area contributed by atoms with Crippen molar-refractivity contribution in [3.8, 4) is 34.3 Å². The zero-order valence-electron chi connectivity index (χ0n) is 18.9. The van der Waals surface area contributed by atoms with E-state index in [0.717, 1.165) is 33.8 Å². The molecule has 0 bridgehead atoms. The first-order valence-electron chi connectivity index (χ1n) is 10.5. The second kappa shape index (κ2) is 10.5. The molecule has 0 saturated heterocycles. The van der Waals surface area contributed by atoms with E-state index in [1.165, 1.54) is 23.1 Å². The normalized spacial score (nSPS) is 11.5. The number of nitrogens with one attached hydrogen (secondary N) is 1. The lowest BCUT2D eigenvalue weighted by Crippen LogP contribution is -2.22. The zero-order valence-corrected chi connectivity index (χ0v) is 20.5. The average Bonchev–Trinajstić information content (AvgIpc) is 3.33. The summed E-state index contributed by atoms with van der Waals surface area (Å²) in [6.45, 7) is 3.82. The summed E-state index contributed by atoms with van der Waals surface area (Å²) in [4.78, 5) is 22.1. The lowest BCUT2D eigenvalue weighted by Gasteiger charge is -2.12. The van der Waals surface area contributed by atoms with E-state index in [4.69, 9.17) is 4.74 Å². The van der Waals surface area contributed by atoms with E-state index in [1.807, 2.05) is 66.9 Å². The molecule has 0 spiro atoms. The minimum atomic E-state index is -0.475. The number of hydrogen-bond acceptors (Lipinski definition) is 7. The number of aromatic nitrogens is 2. The number of methoxy groups -OCH3 is 1. The third-order valence-electron chi connectivity index (χ3n) is 5.09. The summed E-state index contributed by atoms with van der Waals surface area (Å²) >= 11 is 2.61. The lowest BCUT2D eigenvalue weighted by molar-refractivity contribution is -0.115. The summed E-state index contributed by atoms with van der Waals surface area (Å²) in [6, 6.07) is 21.4. The minimum Gasteiger partial charge on any atom is -0.497 e. The Kier molecular flexibility index (Phi) is 7.26. The number of benzene rings is 2. The number of amides is 1. The molecule has 4 rings (SSSR count). The van der Waals surface area contributed by atoms with E-state index < -0.39 is 5.25 Å². The molecule has 8 heteroatoms.